The second-order valence-corrected chi connectivity index (χ2v) is 3.17. The van der Waals surface area contributed by atoms with Crippen molar-refractivity contribution in [2.75, 3.05) is 10.7 Å². The SMILES string of the molecule is CC1=NN(c2ccc(N)cn2)C(=O)C1. The number of carbonyl (C=O) groups is 1. The molecule has 1 aromatic rings. The van der Waals surface area contributed by atoms with Crippen LogP contribution in [0.25, 0.3) is 0 Å². The number of aromatic nitrogens is 1. The van der Waals surface area contributed by atoms with Crippen LogP contribution in [0.2, 0.25) is 0 Å². The van der Waals surface area contributed by atoms with Crippen molar-refractivity contribution in [2.24, 2.45) is 5.10 Å². The van der Waals surface area contributed by atoms with Gasteiger partial charge in [0.1, 0.15) is 0 Å². The second kappa shape index (κ2) is 3.10. The van der Waals surface area contributed by atoms with Gasteiger partial charge in [-0.15, -0.1) is 0 Å². The maximum absolute atomic E-state index is 11.4. The van der Waals surface area contributed by atoms with Crippen molar-refractivity contribution in [3.05, 3.63) is 18.3 Å². The van der Waals surface area contributed by atoms with E-state index in [0.717, 1.165) is 5.71 Å². The predicted molar refractivity (Wildman–Crippen MR) is 53.9 cm³/mol. The Balaban J connectivity index is 2.32. The summed E-state index contributed by atoms with van der Waals surface area (Å²) in [6.45, 7) is 1.81. The summed E-state index contributed by atoms with van der Waals surface area (Å²) in [6, 6.07) is 3.37. The normalized spacial score (nSPS) is 15.9. The Morgan fingerprint density at radius 1 is 1.50 bits per heavy atom. The number of amides is 1. The number of nitrogens with zero attached hydrogens (tertiary/aromatic N) is 3. The Labute approximate surface area is 81.2 Å². The minimum atomic E-state index is -0.0558. The van der Waals surface area contributed by atoms with Crippen molar-refractivity contribution in [1.82, 2.24) is 4.98 Å². The predicted octanol–water partition coefficient (Wildman–Crippen LogP) is 0.776. The number of hydrazone groups is 1. The average molecular weight is 190 g/mol. The first-order valence-electron chi connectivity index (χ1n) is 4.25. The molecule has 0 spiro atoms. The molecule has 0 atom stereocenters. The van der Waals surface area contributed by atoms with Crippen LogP contribution in [0.15, 0.2) is 23.4 Å². The van der Waals surface area contributed by atoms with Crippen LogP contribution in [0, 0.1) is 0 Å². The molecule has 2 heterocycles. The highest BCUT2D eigenvalue weighted by Gasteiger charge is 2.23. The van der Waals surface area contributed by atoms with Gasteiger partial charge in [0.2, 0.25) is 0 Å². The number of nitrogen functional groups attached to an aromatic ring is 1. The molecular formula is C9H10N4O. The van der Waals surface area contributed by atoms with Crippen LogP contribution in [0.5, 0.6) is 0 Å². The summed E-state index contributed by atoms with van der Waals surface area (Å²) in [4.78, 5) is 15.4. The van der Waals surface area contributed by atoms with Crippen LogP contribution >= 0.6 is 0 Å². The van der Waals surface area contributed by atoms with Crippen LogP contribution in [0.4, 0.5) is 11.5 Å². The fourth-order valence-corrected chi connectivity index (χ4v) is 1.26. The van der Waals surface area contributed by atoms with Gasteiger partial charge in [0.25, 0.3) is 5.91 Å². The first-order chi connectivity index (χ1) is 6.66. The lowest BCUT2D eigenvalue weighted by molar-refractivity contribution is -0.116. The molecule has 1 amide bonds. The molecule has 72 valence electrons. The van der Waals surface area contributed by atoms with Gasteiger partial charge in [0.05, 0.1) is 18.3 Å². The molecule has 0 saturated heterocycles. The van der Waals surface area contributed by atoms with E-state index < -0.39 is 0 Å². The third-order valence-corrected chi connectivity index (χ3v) is 1.90. The highest BCUT2D eigenvalue weighted by atomic mass is 16.2. The Morgan fingerprint density at radius 3 is 2.79 bits per heavy atom. The summed E-state index contributed by atoms with van der Waals surface area (Å²) in [5, 5.41) is 5.37. The van der Waals surface area contributed by atoms with Crippen molar-refractivity contribution in [3.63, 3.8) is 0 Å². The number of pyridine rings is 1. The molecule has 1 aliphatic rings. The largest absolute Gasteiger partial charge is 0.397 e. The molecule has 0 fully saturated rings. The molecule has 1 aliphatic heterocycles. The number of hydrogen-bond acceptors (Lipinski definition) is 4. The standard InChI is InChI=1S/C9H10N4O/c1-6-4-9(14)13(12-6)8-3-2-7(10)5-11-8/h2-3,5H,4,10H2,1H3. The molecule has 2 N–H and O–H groups in total. The van der Waals surface area contributed by atoms with Crippen molar-refractivity contribution >= 4 is 23.1 Å². The van der Waals surface area contributed by atoms with Gasteiger partial charge < -0.3 is 5.73 Å². The van der Waals surface area contributed by atoms with Crippen LogP contribution in [-0.2, 0) is 4.79 Å². The Kier molecular flexibility index (Phi) is 1.92. The van der Waals surface area contributed by atoms with Crippen LogP contribution in [0.1, 0.15) is 13.3 Å². The summed E-state index contributed by atoms with van der Waals surface area (Å²) in [6.07, 6.45) is 1.87. The molecule has 1 aromatic heterocycles. The molecule has 5 heteroatoms. The van der Waals surface area contributed by atoms with E-state index in [9.17, 15) is 4.79 Å². The lowest BCUT2D eigenvalue weighted by atomic mass is 10.3. The second-order valence-electron chi connectivity index (χ2n) is 3.17. The van der Waals surface area contributed by atoms with Crippen molar-refractivity contribution in [3.8, 4) is 0 Å². The number of rotatable bonds is 1. The smallest absolute Gasteiger partial charge is 0.254 e. The minimum Gasteiger partial charge on any atom is -0.397 e. The fourth-order valence-electron chi connectivity index (χ4n) is 1.26. The Bertz CT molecular complexity index is 396. The Hall–Kier alpha value is -1.91. The lowest BCUT2D eigenvalue weighted by Crippen LogP contribution is -2.20. The summed E-state index contributed by atoms with van der Waals surface area (Å²) in [7, 11) is 0. The zero-order valence-corrected chi connectivity index (χ0v) is 7.77. The summed E-state index contributed by atoms with van der Waals surface area (Å²) >= 11 is 0. The highest BCUT2D eigenvalue weighted by molar-refractivity contribution is 6.11. The van der Waals surface area contributed by atoms with Gasteiger partial charge in [-0.2, -0.15) is 10.1 Å². The molecule has 0 bridgehead atoms. The van der Waals surface area contributed by atoms with Crippen molar-refractivity contribution in [2.45, 2.75) is 13.3 Å². The molecule has 0 unspecified atom stereocenters. The van der Waals surface area contributed by atoms with Crippen LogP contribution in [0.3, 0.4) is 0 Å². The molecule has 14 heavy (non-hydrogen) atoms. The monoisotopic (exact) mass is 190 g/mol. The zero-order valence-electron chi connectivity index (χ0n) is 7.77. The van der Waals surface area contributed by atoms with Gasteiger partial charge in [-0.3, -0.25) is 4.79 Å². The number of hydrogen-bond donors (Lipinski definition) is 1. The maximum Gasteiger partial charge on any atom is 0.254 e. The summed E-state index contributed by atoms with van der Waals surface area (Å²) in [5.74, 6) is 0.459. The first kappa shape index (κ1) is 8.68. The van der Waals surface area contributed by atoms with Gasteiger partial charge in [0.15, 0.2) is 5.82 Å². The third-order valence-electron chi connectivity index (χ3n) is 1.90. The van der Waals surface area contributed by atoms with Gasteiger partial charge in [0, 0.05) is 5.71 Å². The third kappa shape index (κ3) is 1.44. The molecule has 0 aromatic carbocycles. The molecule has 5 nitrogen and oxygen atoms in total. The first-order valence-corrected chi connectivity index (χ1v) is 4.25. The molecule has 0 aliphatic carbocycles. The molecule has 0 saturated carbocycles. The van der Waals surface area contributed by atoms with Crippen LogP contribution < -0.4 is 10.7 Å². The van der Waals surface area contributed by atoms with E-state index in [1.165, 1.54) is 11.2 Å². The highest BCUT2D eigenvalue weighted by Crippen LogP contribution is 2.18. The molecule has 2 rings (SSSR count). The lowest BCUT2D eigenvalue weighted by Gasteiger charge is -2.09. The van der Waals surface area contributed by atoms with E-state index in [1.807, 2.05) is 6.92 Å². The van der Waals surface area contributed by atoms with Crippen LogP contribution in [-0.4, -0.2) is 16.6 Å². The maximum atomic E-state index is 11.4. The summed E-state index contributed by atoms with van der Waals surface area (Å²) in [5.41, 5.74) is 6.86. The van der Waals surface area contributed by atoms with E-state index in [1.54, 1.807) is 12.1 Å². The topological polar surface area (TPSA) is 71.6 Å². The Morgan fingerprint density at radius 2 is 2.29 bits per heavy atom. The molecule has 0 radical (unpaired) electrons. The van der Waals surface area contributed by atoms with E-state index >= 15 is 0 Å². The van der Waals surface area contributed by atoms with E-state index in [-0.39, 0.29) is 5.91 Å². The van der Waals surface area contributed by atoms with Crippen molar-refractivity contribution < 1.29 is 4.79 Å². The average Bonchev–Trinajstić information content (AvgIpc) is 2.47. The molecular weight excluding hydrogens is 180 g/mol. The van der Waals surface area contributed by atoms with E-state index in [4.69, 9.17) is 5.73 Å². The number of carbonyl (C=O) groups excluding carboxylic acids is 1. The quantitative estimate of drug-likeness (QED) is 0.711. The summed E-state index contributed by atoms with van der Waals surface area (Å²) < 4.78 is 0. The van der Waals surface area contributed by atoms with E-state index in [2.05, 4.69) is 10.1 Å². The fraction of sp³-hybridized carbons (Fsp3) is 0.222. The minimum absolute atomic E-state index is 0.0558. The van der Waals surface area contributed by atoms with Crippen molar-refractivity contribution in [1.29, 1.82) is 0 Å². The number of anilines is 2. The van der Waals surface area contributed by atoms with Gasteiger partial charge >= 0.3 is 0 Å². The van der Waals surface area contributed by atoms with Gasteiger partial charge in [-0.05, 0) is 19.1 Å². The van der Waals surface area contributed by atoms with Gasteiger partial charge in [-0.1, -0.05) is 0 Å². The van der Waals surface area contributed by atoms with E-state index in [0.29, 0.717) is 17.9 Å². The zero-order chi connectivity index (χ0) is 10.1. The van der Waals surface area contributed by atoms with Gasteiger partial charge in [-0.25, -0.2) is 4.98 Å². The number of nitrogens with two attached hydrogens (primary N) is 1.